The summed E-state index contributed by atoms with van der Waals surface area (Å²) in [6.45, 7) is 5.64. The molecule has 0 N–H and O–H groups in total. The van der Waals surface area contributed by atoms with Gasteiger partial charge in [0, 0.05) is 55.2 Å². The van der Waals surface area contributed by atoms with Crippen molar-refractivity contribution < 1.29 is 18.7 Å². The number of hydrogen-bond donors (Lipinski definition) is 0. The first-order valence-electron chi connectivity index (χ1n) is 17.2. The molecule has 13 heteroatoms. The van der Waals surface area contributed by atoms with Crippen molar-refractivity contribution >= 4 is 38.7 Å². The summed E-state index contributed by atoms with van der Waals surface area (Å²) in [5.74, 6) is -0.414. The largest absolute Gasteiger partial charge is 0.471 e. The third kappa shape index (κ3) is 5.86. The minimum absolute atomic E-state index is 0.155. The predicted octanol–water partition coefficient (Wildman–Crippen LogP) is 5.49. The number of piperidine rings is 1. The Morgan fingerprint density at radius 1 is 1.18 bits per heavy atom. The molecule has 0 spiro atoms. The second-order valence-corrected chi connectivity index (χ2v) is 13.5. The Morgan fingerprint density at radius 3 is 2.76 bits per heavy atom. The van der Waals surface area contributed by atoms with Gasteiger partial charge in [0.05, 0.1) is 30.7 Å². The molecule has 7 rings (SSSR count). The van der Waals surface area contributed by atoms with E-state index in [-0.39, 0.29) is 48.0 Å². The van der Waals surface area contributed by atoms with Crippen molar-refractivity contribution in [1.29, 1.82) is 5.26 Å². The van der Waals surface area contributed by atoms with Crippen LogP contribution in [0.5, 0.6) is 5.88 Å². The van der Waals surface area contributed by atoms with E-state index in [1.165, 1.54) is 6.08 Å². The number of nitrogens with zero attached hydrogens (tertiary/aromatic N) is 9. The fourth-order valence-electron chi connectivity index (χ4n) is 7.89. The normalized spacial score (nSPS) is 20.7. The lowest BCUT2D eigenvalue weighted by Gasteiger charge is -2.38. The molecule has 2 saturated heterocycles. The van der Waals surface area contributed by atoms with Crippen LogP contribution in [-0.2, 0) is 16.6 Å². The van der Waals surface area contributed by atoms with Gasteiger partial charge in [-0.25, -0.2) is 14.1 Å². The first kappa shape index (κ1) is 33.6. The van der Waals surface area contributed by atoms with Crippen molar-refractivity contribution in [3.05, 3.63) is 53.9 Å². The molecule has 2 aliphatic rings. The van der Waals surface area contributed by atoms with Gasteiger partial charge in [-0.3, -0.25) is 14.4 Å². The first-order chi connectivity index (χ1) is 24.2. The van der Waals surface area contributed by atoms with E-state index >= 15 is 4.39 Å². The average molecular weight is 680 g/mol. The van der Waals surface area contributed by atoms with Gasteiger partial charge in [-0.2, -0.15) is 10.4 Å². The van der Waals surface area contributed by atoms with Gasteiger partial charge >= 0.3 is 0 Å². The average Bonchev–Trinajstić information content (AvgIpc) is 3.83. The van der Waals surface area contributed by atoms with E-state index in [4.69, 9.17) is 19.6 Å². The standard InChI is InChI=1S/C37H42FN9O3/c1-22-20-27-34(32(38)31(22)33-26-10-6-7-11-29(26)45(4)42-33)40-37(50-23(2)28-12-8-17-44(28)3)35-36(27)47(43-41-35)25-15-18-46(24(21-25)14-16-39)30(48)13-9-19-49-5/h6-7,9-11,13,20,23-25,28H,8,12,14-15,17-19,21H2,1-5H3/b13-9+/t23-,24+,25-,28-/m0/s1. The van der Waals surface area contributed by atoms with Crippen LogP contribution in [0.4, 0.5) is 4.39 Å². The second kappa shape index (κ2) is 13.8. The number of pyridine rings is 1. The zero-order valence-electron chi connectivity index (χ0n) is 29.1. The summed E-state index contributed by atoms with van der Waals surface area (Å²) in [5, 5.41) is 25.1. The number of halogens is 1. The lowest BCUT2D eigenvalue weighted by molar-refractivity contribution is -0.130. The van der Waals surface area contributed by atoms with Crippen LogP contribution < -0.4 is 4.74 Å². The number of carbonyl (C=O) groups excluding carboxylic acids is 1. The number of benzene rings is 2. The van der Waals surface area contributed by atoms with Crippen LogP contribution in [0.15, 0.2) is 42.5 Å². The molecule has 0 unspecified atom stereocenters. The molecule has 260 valence electrons. The molecule has 50 heavy (non-hydrogen) atoms. The van der Waals surface area contributed by atoms with Crippen LogP contribution in [0, 0.1) is 24.1 Å². The molecule has 0 saturated carbocycles. The van der Waals surface area contributed by atoms with Crippen molar-refractivity contribution in [2.24, 2.45) is 7.05 Å². The van der Waals surface area contributed by atoms with Gasteiger partial charge in [-0.05, 0) is 70.8 Å². The highest BCUT2D eigenvalue weighted by Gasteiger charge is 2.35. The van der Waals surface area contributed by atoms with Crippen molar-refractivity contribution in [3.63, 3.8) is 0 Å². The Labute approximate surface area is 290 Å². The van der Waals surface area contributed by atoms with Crippen molar-refractivity contribution in [2.45, 2.75) is 70.2 Å². The van der Waals surface area contributed by atoms with Gasteiger partial charge in [-0.15, -0.1) is 5.10 Å². The van der Waals surface area contributed by atoms with Gasteiger partial charge in [0.15, 0.2) is 11.3 Å². The number of para-hydroxylation sites is 1. The fraction of sp³-hybridized carbons (Fsp3) is 0.459. The minimum Gasteiger partial charge on any atom is -0.471 e. The highest BCUT2D eigenvalue weighted by Crippen LogP contribution is 2.41. The number of methoxy groups -OCH3 is 1. The van der Waals surface area contributed by atoms with Crippen molar-refractivity contribution in [3.8, 4) is 23.2 Å². The van der Waals surface area contributed by atoms with Crippen LogP contribution in [0.25, 0.3) is 44.1 Å². The van der Waals surface area contributed by atoms with Gasteiger partial charge < -0.3 is 14.4 Å². The maximum Gasteiger partial charge on any atom is 0.246 e. The summed E-state index contributed by atoms with van der Waals surface area (Å²) < 4.78 is 32.4. The molecule has 3 aromatic heterocycles. The molecule has 1 amide bonds. The highest BCUT2D eigenvalue weighted by atomic mass is 19.1. The third-order valence-corrected chi connectivity index (χ3v) is 10.4. The Bertz CT molecular complexity index is 2150. The van der Waals surface area contributed by atoms with E-state index in [0.29, 0.717) is 59.2 Å². The van der Waals surface area contributed by atoms with Crippen molar-refractivity contribution in [1.82, 2.24) is 39.6 Å². The molecule has 4 atom stereocenters. The number of hydrogen-bond acceptors (Lipinski definition) is 9. The molecule has 5 heterocycles. The Balaban J connectivity index is 1.37. The molecule has 2 aliphatic heterocycles. The molecular formula is C37H42FN9O3. The molecular weight excluding hydrogens is 637 g/mol. The third-order valence-electron chi connectivity index (χ3n) is 10.4. The van der Waals surface area contributed by atoms with Crippen LogP contribution in [0.1, 0.15) is 50.6 Å². The van der Waals surface area contributed by atoms with Crippen LogP contribution in [-0.4, -0.2) is 97.5 Å². The Morgan fingerprint density at radius 2 is 2.00 bits per heavy atom. The highest BCUT2D eigenvalue weighted by molar-refractivity contribution is 6.07. The maximum absolute atomic E-state index is 17.2. The van der Waals surface area contributed by atoms with Crippen molar-refractivity contribution in [2.75, 3.05) is 33.9 Å². The number of likely N-dealkylation sites (N-methyl/N-ethyl adjacent to an activating group) is 1. The zero-order valence-corrected chi connectivity index (χ0v) is 29.1. The summed E-state index contributed by atoms with van der Waals surface area (Å²) in [6.07, 6.45) is 6.24. The number of fused-ring (bicyclic) bond motifs is 4. The SMILES string of the molecule is COC/C=C/C(=O)N1CC[C@H](n2nnc3c(O[C@@H](C)[C@@H]4CCCN4C)nc4c(F)c(-c5nn(C)c6ccccc56)c(C)cc4c32)C[C@H]1CC#N. The van der Waals surface area contributed by atoms with E-state index in [9.17, 15) is 10.1 Å². The quantitative estimate of drug-likeness (QED) is 0.186. The summed E-state index contributed by atoms with van der Waals surface area (Å²) in [4.78, 5) is 22.0. The van der Waals surface area contributed by atoms with Gasteiger partial charge in [0.1, 0.15) is 22.8 Å². The lowest BCUT2D eigenvalue weighted by atomic mass is 9.94. The van der Waals surface area contributed by atoms with E-state index in [1.54, 1.807) is 22.8 Å². The molecule has 2 fully saturated rings. The van der Waals surface area contributed by atoms with Crippen LogP contribution in [0.2, 0.25) is 0 Å². The van der Waals surface area contributed by atoms with E-state index in [2.05, 4.69) is 28.3 Å². The Hall–Kier alpha value is -4.93. The molecule has 12 nitrogen and oxygen atoms in total. The molecule has 0 bridgehead atoms. The number of aromatic nitrogens is 6. The second-order valence-electron chi connectivity index (χ2n) is 13.5. The van der Waals surface area contributed by atoms with Gasteiger partial charge in [-0.1, -0.05) is 29.5 Å². The summed E-state index contributed by atoms with van der Waals surface area (Å²) in [6, 6.07) is 11.6. The lowest BCUT2D eigenvalue weighted by Crippen LogP contribution is -2.46. The number of carbonyl (C=O) groups is 1. The van der Waals surface area contributed by atoms with Crippen LogP contribution in [0.3, 0.4) is 0 Å². The summed E-state index contributed by atoms with van der Waals surface area (Å²) in [7, 11) is 5.51. The zero-order chi connectivity index (χ0) is 35.1. The van der Waals surface area contributed by atoms with Crippen LogP contribution >= 0.6 is 0 Å². The number of ether oxygens (including phenoxy) is 2. The molecule has 0 aliphatic carbocycles. The number of rotatable bonds is 9. The van der Waals surface area contributed by atoms with E-state index in [1.807, 2.05) is 55.9 Å². The Kier molecular flexibility index (Phi) is 9.24. The van der Waals surface area contributed by atoms with E-state index < -0.39 is 5.82 Å². The van der Waals surface area contributed by atoms with E-state index in [0.717, 1.165) is 30.3 Å². The molecule has 5 aromatic rings. The summed E-state index contributed by atoms with van der Waals surface area (Å²) in [5.41, 5.74) is 3.77. The predicted molar refractivity (Wildman–Crippen MR) is 188 cm³/mol. The number of amides is 1. The summed E-state index contributed by atoms with van der Waals surface area (Å²) >= 11 is 0. The monoisotopic (exact) mass is 679 g/mol. The molecule has 2 aromatic carbocycles. The smallest absolute Gasteiger partial charge is 0.246 e. The number of aryl methyl sites for hydroxylation is 2. The van der Waals surface area contributed by atoms with Gasteiger partial charge in [0.2, 0.25) is 11.8 Å². The minimum atomic E-state index is -0.486. The topological polar surface area (TPSA) is 127 Å². The van der Waals surface area contributed by atoms with Gasteiger partial charge in [0.25, 0.3) is 0 Å². The first-order valence-corrected chi connectivity index (χ1v) is 17.2. The number of nitriles is 1. The number of likely N-dealkylation sites (tertiary alicyclic amines) is 2. The molecule has 0 radical (unpaired) electrons. The fourth-order valence-corrected chi connectivity index (χ4v) is 7.89. The maximum atomic E-state index is 17.2.